The van der Waals surface area contributed by atoms with Crippen LogP contribution in [0.2, 0.25) is 0 Å². The number of aliphatic carboxylic acids is 1. The molecular weight excluding hydrogens is 338 g/mol. The molecule has 0 aromatic rings. The zero-order valence-electron chi connectivity index (χ0n) is 17.3. The summed E-state index contributed by atoms with van der Waals surface area (Å²) < 4.78 is 0. The van der Waals surface area contributed by atoms with Crippen molar-refractivity contribution in [3.8, 4) is 0 Å². The summed E-state index contributed by atoms with van der Waals surface area (Å²) in [7, 11) is 2.13. The molecule has 3 fully saturated rings. The van der Waals surface area contributed by atoms with Crippen LogP contribution in [0.5, 0.6) is 0 Å². The van der Waals surface area contributed by atoms with Crippen molar-refractivity contribution in [1.29, 1.82) is 0 Å². The molecule has 0 amide bonds. The number of hydrogen-bond donors (Lipinski definition) is 2. The molecule has 2 unspecified atom stereocenters. The first-order valence-electron chi connectivity index (χ1n) is 11.1. The van der Waals surface area contributed by atoms with E-state index < -0.39 is 5.97 Å². The summed E-state index contributed by atoms with van der Waals surface area (Å²) in [6.45, 7) is 5.64. The third kappa shape index (κ3) is 3.07. The van der Waals surface area contributed by atoms with Gasteiger partial charge >= 0.3 is 5.97 Å². The van der Waals surface area contributed by atoms with Gasteiger partial charge in [-0.15, -0.1) is 0 Å². The summed E-state index contributed by atoms with van der Waals surface area (Å²) in [6, 6.07) is 0.522. The molecule has 0 heterocycles. The summed E-state index contributed by atoms with van der Waals surface area (Å²) in [5.74, 6) is 1.61. The first-order valence-corrected chi connectivity index (χ1v) is 11.1. The molecule has 4 nitrogen and oxygen atoms in total. The fourth-order valence-electron chi connectivity index (χ4n) is 7.77. The molecule has 27 heavy (non-hydrogen) atoms. The Morgan fingerprint density at radius 2 is 1.96 bits per heavy atom. The molecule has 4 heteroatoms. The van der Waals surface area contributed by atoms with Crippen LogP contribution in [0.3, 0.4) is 0 Å². The highest BCUT2D eigenvalue weighted by molar-refractivity contribution is 5.66. The normalized spacial score (nSPS) is 46.4. The van der Waals surface area contributed by atoms with E-state index >= 15 is 0 Å². The summed E-state index contributed by atoms with van der Waals surface area (Å²) in [5, 5.41) is 19.2. The lowest BCUT2D eigenvalue weighted by molar-refractivity contribution is -0.137. The van der Waals surface area contributed by atoms with E-state index in [4.69, 9.17) is 5.11 Å². The predicted molar refractivity (Wildman–Crippen MR) is 106 cm³/mol. The molecule has 4 aliphatic carbocycles. The van der Waals surface area contributed by atoms with Gasteiger partial charge in [-0.1, -0.05) is 25.5 Å². The smallest absolute Gasteiger partial charge is 0.304 e. The van der Waals surface area contributed by atoms with E-state index in [1.54, 1.807) is 5.57 Å². The molecule has 3 saturated carbocycles. The highest BCUT2D eigenvalue weighted by atomic mass is 16.4. The molecule has 0 aromatic heterocycles. The van der Waals surface area contributed by atoms with Crippen LogP contribution in [0, 0.1) is 28.6 Å². The van der Waals surface area contributed by atoms with Crippen molar-refractivity contribution in [3.63, 3.8) is 0 Å². The molecule has 0 aromatic carbocycles. The molecule has 0 bridgehead atoms. The van der Waals surface area contributed by atoms with Crippen LogP contribution in [-0.4, -0.2) is 46.8 Å². The number of carboxylic acid groups (broad SMARTS) is 1. The van der Waals surface area contributed by atoms with Gasteiger partial charge in [-0.05, 0) is 87.0 Å². The number of carbonyl (C=O) groups is 1. The summed E-state index contributed by atoms with van der Waals surface area (Å²) in [5.41, 5.74) is 2.17. The Balaban J connectivity index is 1.54. The number of nitrogens with zero attached hydrogens (tertiary/aromatic N) is 1. The zero-order valence-corrected chi connectivity index (χ0v) is 17.3. The van der Waals surface area contributed by atoms with Crippen molar-refractivity contribution < 1.29 is 15.0 Å². The number of fused-ring (bicyclic) bond motifs is 5. The van der Waals surface area contributed by atoms with E-state index in [9.17, 15) is 9.90 Å². The Labute approximate surface area is 164 Å². The standard InChI is InChI=1S/C23H37NO3/c1-22-11-8-16(25)14-15(22)4-5-17-18-6-7-20(24(3)13-10-21(26)27)23(18,2)12-9-19(17)22/h4,16-20,25H,5-14H2,1-3H3,(H,26,27)/t16?,17-,18-,19-,20?,22-,23-/m0/s1. The molecular formula is C23H37NO3. The van der Waals surface area contributed by atoms with Gasteiger partial charge in [0.1, 0.15) is 0 Å². The van der Waals surface area contributed by atoms with Crippen LogP contribution >= 0.6 is 0 Å². The molecule has 0 radical (unpaired) electrons. The van der Waals surface area contributed by atoms with Crippen LogP contribution in [0.1, 0.15) is 71.6 Å². The van der Waals surface area contributed by atoms with Crippen LogP contribution in [0.25, 0.3) is 0 Å². The van der Waals surface area contributed by atoms with Crippen LogP contribution < -0.4 is 0 Å². The zero-order chi connectivity index (χ0) is 19.4. The van der Waals surface area contributed by atoms with Crippen molar-refractivity contribution in [2.45, 2.75) is 83.8 Å². The molecule has 0 aliphatic heterocycles. The van der Waals surface area contributed by atoms with Gasteiger partial charge in [0.05, 0.1) is 12.5 Å². The molecule has 152 valence electrons. The van der Waals surface area contributed by atoms with Crippen molar-refractivity contribution >= 4 is 5.97 Å². The second kappa shape index (κ2) is 6.88. The molecule has 7 atom stereocenters. The number of rotatable bonds is 4. The van der Waals surface area contributed by atoms with Crippen LogP contribution in [-0.2, 0) is 4.79 Å². The summed E-state index contributed by atoms with van der Waals surface area (Å²) in [4.78, 5) is 13.4. The fraction of sp³-hybridized carbons (Fsp3) is 0.870. The number of hydrogen-bond acceptors (Lipinski definition) is 3. The topological polar surface area (TPSA) is 60.8 Å². The van der Waals surface area contributed by atoms with E-state index in [0.29, 0.717) is 23.4 Å². The third-order valence-electron chi connectivity index (χ3n) is 9.24. The van der Waals surface area contributed by atoms with Gasteiger partial charge in [0, 0.05) is 12.6 Å². The van der Waals surface area contributed by atoms with Crippen molar-refractivity contribution in [2.75, 3.05) is 13.6 Å². The maximum absolute atomic E-state index is 11.0. The van der Waals surface area contributed by atoms with Crippen molar-refractivity contribution in [3.05, 3.63) is 11.6 Å². The fourth-order valence-corrected chi connectivity index (χ4v) is 7.77. The van der Waals surface area contributed by atoms with Crippen LogP contribution in [0.15, 0.2) is 11.6 Å². The van der Waals surface area contributed by atoms with E-state index in [2.05, 4.69) is 31.9 Å². The number of aliphatic hydroxyl groups excluding tert-OH is 1. The lowest BCUT2D eigenvalue weighted by atomic mass is 9.48. The van der Waals surface area contributed by atoms with Gasteiger partial charge in [0.2, 0.25) is 0 Å². The van der Waals surface area contributed by atoms with Gasteiger partial charge in [0.25, 0.3) is 0 Å². The Morgan fingerprint density at radius 1 is 1.19 bits per heavy atom. The third-order valence-corrected chi connectivity index (χ3v) is 9.24. The average molecular weight is 376 g/mol. The molecule has 0 saturated heterocycles. The highest BCUT2D eigenvalue weighted by Crippen LogP contribution is 2.65. The lowest BCUT2D eigenvalue weighted by Gasteiger charge is -2.58. The molecule has 4 rings (SSSR count). The number of allylic oxidation sites excluding steroid dienone is 1. The molecule has 0 spiro atoms. The predicted octanol–water partition coefficient (Wildman–Crippen LogP) is 4.09. The van der Waals surface area contributed by atoms with E-state index in [1.807, 2.05) is 0 Å². The largest absolute Gasteiger partial charge is 0.481 e. The molecule has 2 N–H and O–H groups in total. The second-order valence-corrected chi connectivity index (χ2v) is 10.4. The van der Waals surface area contributed by atoms with Crippen LogP contribution in [0.4, 0.5) is 0 Å². The first kappa shape index (κ1) is 19.4. The summed E-state index contributed by atoms with van der Waals surface area (Å²) in [6.07, 6.45) is 11.9. The number of aliphatic hydroxyl groups is 1. The van der Waals surface area contributed by atoms with Gasteiger partial charge in [-0.25, -0.2) is 0 Å². The van der Waals surface area contributed by atoms with E-state index in [1.165, 1.54) is 32.1 Å². The lowest BCUT2D eigenvalue weighted by Crippen LogP contribution is -2.53. The monoisotopic (exact) mass is 375 g/mol. The Morgan fingerprint density at radius 3 is 2.70 bits per heavy atom. The minimum absolute atomic E-state index is 0.131. The van der Waals surface area contributed by atoms with Gasteiger partial charge in [-0.3, -0.25) is 4.79 Å². The van der Waals surface area contributed by atoms with Gasteiger partial charge in [-0.2, -0.15) is 0 Å². The maximum atomic E-state index is 11.0. The Kier molecular flexibility index (Phi) is 4.95. The summed E-state index contributed by atoms with van der Waals surface area (Å²) >= 11 is 0. The average Bonchev–Trinajstić information content (AvgIpc) is 2.97. The minimum atomic E-state index is -0.692. The van der Waals surface area contributed by atoms with Gasteiger partial charge in [0.15, 0.2) is 0 Å². The van der Waals surface area contributed by atoms with E-state index in [0.717, 1.165) is 37.0 Å². The first-order chi connectivity index (χ1) is 12.8. The van der Waals surface area contributed by atoms with Crippen molar-refractivity contribution in [2.24, 2.45) is 28.6 Å². The van der Waals surface area contributed by atoms with Crippen molar-refractivity contribution in [1.82, 2.24) is 4.90 Å². The minimum Gasteiger partial charge on any atom is -0.481 e. The number of carboxylic acids is 1. The maximum Gasteiger partial charge on any atom is 0.304 e. The van der Waals surface area contributed by atoms with Gasteiger partial charge < -0.3 is 15.1 Å². The second-order valence-electron chi connectivity index (χ2n) is 10.4. The quantitative estimate of drug-likeness (QED) is 0.727. The Hall–Kier alpha value is -0.870. The SMILES string of the molecule is CN(CCC(=O)O)C1CC[C@H]2[C@@H]3CC=C4CC(O)CC[C@]4(C)[C@H]3CC[C@]12C. The molecule has 4 aliphatic rings. The van der Waals surface area contributed by atoms with E-state index in [-0.39, 0.29) is 12.5 Å². The Bertz CT molecular complexity index is 631. The highest BCUT2D eigenvalue weighted by Gasteiger charge is 2.59.